The third-order valence-corrected chi connectivity index (χ3v) is 10.3. The fourth-order valence-electron chi connectivity index (χ4n) is 6.81. The van der Waals surface area contributed by atoms with Gasteiger partial charge in [0.2, 0.25) is 0 Å². The summed E-state index contributed by atoms with van der Waals surface area (Å²) < 4.78 is 46.2. The molecule has 0 atom stereocenters. The van der Waals surface area contributed by atoms with E-state index >= 15 is 0 Å². The highest BCUT2D eigenvalue weighted by Gasteiger charge is 2.20. The Labute approximate surface area is 388 Å². The van der Waals surface area contributed by atoms with Gasteiger partial charge in [-0.05, 0) is 98.9 Å². The second kappa shape index (κ2) is 39.8. The minimum absolute atomic E-state index is 0.0853. The second-order valence-electron chi connectivity index (χ2n) is 15.5. The lowest BCUT2D eigenvalue weighted by molar-refractivity contribution is 0.0740. The van der Waals surface area contributed by atoms with Gasteiger partial charge in [0.1, 0.15) is 0 Å². The smallest absolute Gasteiger partial charge is 0.0641 e. The van der Waals surface area contributed by atoms with Crippen LogP contribution in [-0.2, 0) is 37.9 Å². The molecule has 4 N–H and O–H groups in total. The molecule has 368 valence electrons. The first-order valence-corrected chi connectivity index (χ1v) is 23.9. The van der Waals surface area contributed by atoms with E-state index < -0.39 is 0 Å². The lowest BCUT2D eigenvalue weighted by Gasteiger charge is -2.27. The predicted molar refractivity (Wildman–Crippen MR) is 254 cm³/mol. The maximum absolute atomic E-state index is 8.96. The molecule has 0 unspecified atom stereocenters. The highest BCUT2D eigenvalue weighted by atomic mass is 16.5. The largest absolute Gasteiger partial charge is 0.396 e. The number of aliphatic hydroxyl groups is 4. The standard InChI is InChI=1S/C50H81N3O12/c54-25-3-29-58-33-7-37-62-41-21-52(22-42-63-38-8-34-59-30-4-26-55)47-16-12-45(13-17-47)50(49-11-1-2-20-51-49)46-14-18-48(19-15-46)53(23-43-64-39-9-35-60-31-5-27-56)24-44-65-40-10-36-61-32-6-28-57/h1-2,11-20,50,54-57H,3-10,21-44H2. The monoisotopic (exact) mass is 916 g/mol. The highest BCUT2D eigenvalue weighted by molar-refractivity contribution is 5.53. The van der Waals surface area contributed by atoms with Crippen molar-refractivity contribution in [2.75, 3.05) is 168 Å². The number of rotatable bonds is 45. The van der Waals surface area contributed by atoms with E-state index in [0.29, 0.717) is 158 Å². The van der Waals surface area contributed by atoms with Crippen molar-refractivity contribution in [3.63, 3.8) is 0 Å². The molecule has 0 fully saturated rings. The van der Waals surface area contributed by atoms with E-state index in [9.17, 15) is 0 Å². The molecule has 0 radical (unpaired) electrons. The normalized spacial score (nSPS) is 11.5. The molecule has 15 nitrogen and oxygen atoms in total. The van der Waals surface area contributed by atoms with Gasteiger partial charge in [-0.15, -0.1) is 0 Å². The molecule has 0 bridgehead atoms. The van der Waals surface area contributed by atoms with Gasteiger partial charge >= 0.3 is 0 Å². The van der Waals surface area contributed by atoms with Crippen molar-refractivity contribution in [3.05, 3.63) is 89.7 Å². The molecule has 65 heavy (non-hydrogen) atoms. The van der Waals surface area contributed by atoms with E-state index in [1.165, 1.54) is 0 Å². The average molecular weight is 916 g/mol. The number of aromatic nitrogens is 1. The molecule has 0 aliphatic heterocycles. The number of pyridine rings is 1. The van der Waals surface area contributed by atoms with Crippen LogP contribution in [0.1, 0.15) is 74.1 Å². The molecular formula is C50H81N3O12. The van der Waals surface area contributed by atoms with Gasteiger partial charge in [0.05, 0.1) is 38.0 Å². The predicted octanol–water partition coefficient (Wildman–Crippen LogP) is 5.10. The van der Waals surface area contributed by atoms with E-state index in [2.05, 4.69) is 64.4 Å². The number of benzene rings is 2. The van der Waals surface area contributed by atoms with E-state index in [1.54, 1.807) is 0 Å². The third kappa shape index (κ3) is 26.6. The maximum Gasteiger partial charge on any atom is 0.0641 e. The van der Waals surface area contributed by atoms with E-state index in [-0.39, 0.29) is 32.3 Å². The average Bonchev–Trinajstić information content (AvgIpc) is 3.34. The number of nitrogens with zero attached hydrogens (tertiary/aromatic N) is 3. The van der Waals surface area contributed by atoms with Crippen LogP contribution in [0.15, 0.2) is 72.9 Å². The topological polar surface area (TPSA) is 174 Å². The lowest BCUT2D eigenvalue weighted by atomic mass is 9.88. The van der Waals surface area contributed by atoms with Gasteiger partial charge in [0.25, 0.3) is 0 Å². The van der Waals surface area contributed by atoms with Crippen LogP contribution in [0.2, 0.25) is 0 Å². The summed E-state index contributed by atoms with van der Waals surface area (Å²) in [4.78, 5) is 9.42. The Morgan fingerprint density at radius 2 is 0.646 bits per heavy atom. The van der Waals surface area contributed by atoms with Crippen LogP contribution < -0.4 is 9.80 Å². The van der Waals surface area contributed by atoms with Crippen LogP contribution in [0, 0.1) is 0 Å². The first-order chi connectivity index (χ1) is 32.2. The molecule has 0 saturated heterocycles. The Hall–Kier alpha value is -3.29. The first kappa shape index (κ1) is 56.0. The summed E-state index contributed by atoms with van der Waals surface area (Å²) in [5.41, 5.74) is 5.40. The molecule has 0 spiro atoms. The summed E-state index contributed by atoms with van der Waals surface area (Å²) in [6.45, 7) is 12.7. The van der Waals surface area contributed by atoms with Crippen molar-refractivity contribution in [3.8, 4) is 0 Å². The van der Waals surface area contributed by atoms with Crippen LogP contribution in [-0.4, -0.2) is 184 Å². The Morgan fingerprint density at radius 3 is 0.923 bits per heavy atom. The number of aliphatic hydroxyl groups excluding tert-OH is 4. The van der Waals surface area contributed by atoms with E-state index in [4.69, 9.17) is 63.3 Å². The van der Waals surface area contributed by atoms with Gasteiger partial charge in [-0.25, -0.2) is 0 Å². The molecule has 3 aromatic rings. The molecule has 15 heteroatoms. The first-order valence-electron chi connectivity index (χ1n) is 23.9. The Kier molecular flexibility index (Phi) is 34.3. The molecule has 0 aliphatic rings. The SMILES string of the molecule is OCCCOCCCOCCN(CCOCCCOCCCO)c1ccc(C(c2ccc(N(CCOCCCOCCCO)CCOCCCOCCCO)cc2)c2ccccn2)cc1. The Balaban J connectivity index is 1.69. The van der Waals surface area contributed by atoms with Gasteiger partial charge in [-0.3, -0.25) is 4.98 Å². The summed E-state index contributed by atoms with van der Waals surface area (Å²) in [6, 6.07) is 23.5. The van der Waals surface area contributed by atoms with Crippen molar-refractivity contribution < 1.29 is 58.3 Å². The van der Waals surface area contributed by atoms with Crippen molar-refractivity contribution in [2.45, 2.75) is 57.3 Å². The van der Waals surface area contributed by atoms with Crippen LogP contribution in [0.4, 0.5) is 11.4 Å². The van der Waals surface area contributed by atoms with E-state index in [1.807, 2.05) is 18.3 Å². The van der Waals surface area contributed by atoms with Gasteiger partial charge in [0, 0.05) is 149 Å². The van der Waals surface area contributed by atoms with Crippen LogP contribution in [0.25, 0.3) is 0 Å². The summed E-state index contributed by atoms with van der Waals surface area (Å²) in [5, 5.41) is 35.8. The zero-order chi connectivity index (χ0) is 46.1. The Morgan fingerprint density at radius 1 is 0.354 bits per heavy atom. The molecule has 2 aromatic carbocycles. The van der Waals surface area contributed by atoms with Crippen molar-refractivity contribution in [2.24, 2.45) is 0 Å². The third-order valence-electron chi connectivity index (χ3n) is 10.3. The molecule has 0 amide bonds. The zero-order valence-corrected chi connectivity index (χ0v) is 39.0. The number of hydrogen-bond acceptors (Lipinski definition) is 15. The molecule has 1 heterocycles. The van der Waals surface area contributed by atoms with E-state index in [0.717, 1.165) is 53.9 Å². The Bertz CT molecular complexity index is 1340. The van der Waals surface area contributed by atoms with Gasteiger partial charge in [0.15, 0.2) is 0 Å². The lowest BCUT2D eigenvalue weighted by Crippen LogP contribution is -2.31. The number of ether oxygens (including phenoxy) is 8. The molecular weight excluding hydrogens is 835 g/mol. The van der Waals surface area contributed by atoms with Crippen LogP contribution >= 0.6 is 0 Å². The van der Waals surface area contributed by atoms with Crippen molar-refractivity contribution in [1.82, 2.24) is 4.98 Å². The van der Waals surface area contributed by atoms with Crippen molar-refractivity contribution in [1.29, 1.82) is 0 Å². The second-order valence-corrected chi connectivity index (χ2v) is 15.5. The molecule has 0 saturated carbocycles. The molecule has 1 aromatic heterocycles. The zero-order valence-electron chi connectivity index (χ0n) is 39.0. The molecule has 0 aliphatic carbocycles. The minimum Gasteiger partial charge on any atom is -0.396 e. The van der Waals surface area contributed by atoms with Crippen LogP contribution in [0.5, 0.6) is 0 Å². The van der Waals surface area contributed by atoms with Gasteiger partial charge in [-0.1, -0.05) is 30.3 Å². The van der Waals surface area contributed by atoms with Crippen LogP contribution in [0.3, 0.4) is 0 Å². The summed E-state index contributed by atoms with van der Waals surface area (Å²) in [7, 11) is 0. The summed E-state index contributed by atoms with van der Waals surface area (Å²) in [5.74, 6) is -0.0853. The fourth-order valence-corrected chi connectivity index (χ4v) is 6.81. The minimum atomic E-state index is -0.0853. The fraction of sp³-hybridized carbons (Fsp3) is 0.660. The quantitative estimate of drug-likeness (QED) is 0.0552. The highest BCUT2D eigenvalue weighted by Crippen LogP contribution is 2.33. The van der Waals surface area contributed by atoms with Crippen molar-refractivity contribution >= 4 is 11.4 Å². The summed E-state index contributed by atoms with van der Waals surface area (Å²) >= 11 is 0. The summed E-state index contributed by atoms with van der Waals surface area (Å²) in [6.07, 6.45) is 7.63. The maximum atomic E-state index is 8.96. The van der Waals surface area contributed by atoms with Gasteiger partial charge < -0.3 is 68.1 Å². The van der Waals surface area contributed by atoms with Gasteiger partial charge in [-0.2, -0.15) is 0 Å². The molecule has 3 rings (SSSR count). The number of anilines is 2. The number of hydrogen-bond donors (Lipinski definition) is 4.